The van der Waals surface area contributed by atoms with Gasteiger partial charge in [0.15, 0.2) is 5.15 Å². The molecular weight excluding hydrogens is 313 g/mol. The summed E-state index contributed by atoms with van der Waals surface area (Å²) in [6.07, 6.45) is 2.17. The second-order valence-electron chi connectivity index (χ2n) is 4.88. The zero-order valence-corrected chi connectivity index (χ0v) is 12.7. The first kappa shape index (κ1) is 14.3. The Kier molecular flexibility index (Phi) is 3.84. The van der Waals surface area contributed by atoms with Gasteiger partial charge in [0.2, 0.25) is 5.91 Å². The number of carbonyl (C=O) groups excluding carboxylic acids is 1. The molecule has 0 bridgehead atoms. The third-order valence-electron chi connectivity index (χ3n) is 3.44. The van der Waals surface area contributed by atoms with Crippen LogP contribution in [0, 0.1) is 6.92 Å². The number of rotatable bonds is 2. The quantitative estimate of drug-likeness (QED) is 0.738. The Labute approximate surface area is 131 Å². The van der Waals surface area contributed by atoms with Gasteiger partial charge in [0, 0.05) is 13.0 Å². The van der Waals surface area contributed by atoms with E-state index in [2.05, 4.69) is 25.6 Å². The summed E-state index contributed by atoms with van der Waals surface area (Å²) < 4.78 is 0. The number of H-pyrrole nitrogens is 1. The summed E-state index contributed by atoms with van der Waals surface area (Å²) in [4.78, 5) is 23.5. The minimum absolute atomic E-state index is 0.169. The molecule has 0 saturated carbocycles. The van der Waals surface area contributed by atoms with E-state index in [0.717, 1.165) is 17.0 Å². The van der Waals surface area contributed by atoms with Crippen LogP contribution in [-0.2, 0) is 17.8 Å². The number of aryl methyl sites for hydroxylation is 1. The Bertz CT molecular complexity index is 677. The number of carbonyl (C=O) groups is 1. The highest BCUT2D eigenvalue weighted by molar-refractivity contribution is 6.34. The Balaban J connectivity index is 1.76. The van der Waals surface area contributed by atoms with E-state index in [-0.39, 0.29) is 17.1 Å². The van der Waals surface area contributed by atoms with Crippen molar-refractivity contribution >= 4 is 34.8 Å². The summed E-state index contributed by atoms with van der Waals surface area (Å²) in [5.41, 5.74) is 3.18. The molecule has 0 saturated heterocycles. The number of pyridine rings is 1. The van der Waals surface area contributed by atoms with Crippen LogP contribution in [0.3, 0.4) is 0 Å². The van der Waals surface area contributed by atoms with Gasteiger partial charge in [0.1, 0.15) is 5.15 Å². The molecule has 0 fully saturated rings. The summed E-state index contributed by atoms with van der Waals surface area (Å²) in [5.74, 6) is -0.169. The molecule has 0 spiro atoms. The average Bonchev–Trinajstić information content (AvgIpc) is 2.89. The number of aromatic amines is 1. The van der Waals surface area contributed by atoms with Crippen molar-refractivity contribution in [1.82, 2.24) is 20.3 Å². The lowest BCUT2D eigenvalue weighted by Crippen LogP contribution is -2.44. The summed E-state index contributed by atoms with van der Waals surface area (Å²) in [5, 5.41) is 6.45. The third kappa shape index (κ3) is 2.88. The van der Waals surface area contributed by atoms with E-state index in [9.17, 15) is 4.79 Å². The number of aromatic nitrogens is 3. The molecule has 1 aliphatic rings. The number of imidazole rings is 1. The molecule has 0 aliphatic carbocycles. The molecule has 3 N–H and O–H groups in total. The molecule has 2 aromatic heterocycles. The predicted octanol–water partition coefficient (Wildman–Crippen LogP) is 2.07. The molecule has 1 atom stereocenters. The van der Waals surface area contributed by atoms with Crippen molar-refractivity contribution in [2.45, 2.75) is 25.9 Å². The molecule has 1 aliphatic heterocycles. The van der Waals surface area contributed by atoms with E-state index >= 15 is 0 Å². The average molecular weight is 326 g/mol. The number of hydrogen-bond donors (Lipinski definition) is 3. The molecular formula is C13H13Cl2N5O. The largest absolute Gasteiger partial charge is 0.347 e. The van der Waals surface area contributed by atoms with Crippen LogP contribution >= 0.6 is 23.2 Å². The zero-order valence-electron chi connectivity index (χ0n) is 11.2. The van der Waals surface area contributed by atoms with Crippen LogP contribution in [0.4, 0.5) is 5.69 Å². The minimum atomic E-state index is -0.355. The van der Waals surface area contributed by atoms with E-state index in [1.165, 1.54) is 0 Å². The van der Waals surface area contributed by atoms with Crippen molar-refractivity contribution < 1.29 is 4.79 Å². The Morgan fingerprint density at radius 2 is 2.29 bits per heavy atom. The summed E-state index contributed by atoms with van der Waals surface area (Å²) >= 11 is 11.9. The number of hydrogen-bond acceptors (Lipinski definition) is 4. The van der Waals surface area contributed by atoms with Gasteiger partial charge in [-0.2, -0.15) is 0 Å². The maximum atomic E-state index is 12.4. The highest BCUT2D eigenvalue weighted by atomic mass is 35.5. The van der Waals surface area contributed by atoms with Crippen molar-refractivity contribution in [3.63, 3.8) is 0 Å². The monoisotopic (exact) mass is 325 g/mol. The molecule has 0 radical (unpaired) electrons. The van der Waals surface area contributed by atoms with E-state index < -0.39 is 0 Å². The van der Waals surface area contributed by atoms with Crippen molar-refractivity contribution in [2.24, 2.45) is 0 Å². The Morgan fingerprint density at radius 1 is 1.48 bits per heavy atom. The van der Waals surface area contributed by atoms with Crippen LogP contribution in [0.25, 0.3) is 0 Å². The number of amides is 1. The van der Waals surface area contributed by atoms with Crippen molar-refractivity contribution in [1.29, 1.82) is 0 Å². The third-order valence-corrected chi connectivity index (χ3v) is 3.90. The van der Waals surface area contributed by atoms with Gasteiger partial charge < -0.3 is 10.3 Å². The van der Waals surface area contributed by atoms with E-state index in [4.69, 9.17) is 23.2 Å². The Hall–Kier alpha value is -1.63. The first-order chi connectivity index (χ1) is 10.0. The number of anilines is 1. The van der Waals surface area contributed by atoms with Crippen LogP contribution in [0.1, 0.15) is 17.0 Å². The SMILES string of the molecule is Cc1cc(Cl)nc(Cl)c1NC(=O)C1Cc2nc[nH]c2CN1. The minimum Gasteiger partial charge on any atom is -0.347 e. The normalized spacial score (nSPS) is 17.4. The smallest absolute Gasteiger partial charge is 0.242 e. The summed E-state index contributed by atoms with van der Waals surface area (Å²) in [6, 6.07) is 1.30. The maximum Gasteiger partial charge on any atom is 0.242 e. The highest BCUT2D eigenvalue weighted by Gasteiger charge is 2.26. The van der Waals surface area contributed by atoms with Gasteiger partial charge in [0.05, 0.1) is 29.4 Å². The number of fused-ring (bicyclic) bond motifs is 1. The van der Waals surface area contributed by atoms with Crippen LogP contribution in [0.5, 0.6) is 0 Å². The fourth-order valence-electron chi connectivity index (χ4n) is 2.31. The maximum absolute atomic E-state index is 12.4. The van der Waals surface area contributed by atoms with Gasteiger partial charge >= 0.3 is 0 Å². The highest BCUT2D eigenvalue weighted by Crippen LogP contribution is 2.27. The first-order valence-electron chi connectivity index (χ1n) is 6.42. The molecule has 1 amide bonds. The van der Waals surface area contributed by atoms with Crippen LogP contribution in [-0.4, -0.2) is 26.9 Å². The van der Waals surface area contributed by atoms with Crippen molar-refractivity contribution in [3.05, 3.63) is 39.7 Å². The molecule has 3 heterocycles. The first-order valence-corrected chi connectivity index (χ1v) is 7.18. The van der Waals surface area contributed by atoms with Gasteiger partial charge in [-0.1, -0.05) is 23.2 Å². The Morgan fingerprint density at radius 3 is 3.05 bits per heavy atom. The van der Waals surface area contributed by atoms with Gasteiger partial charge in [-0.25, -0.2) is 9.97 Å². The zero-order chi connectivity index (χ0) is 15.0. The number of halogens is 2. The molecule has 110 valence electrons. The molecule has 0 aromatic carbocycles. The molecule has 3 rings (SSSR count). The molecule has 2 aromatic rings. The lowest BCUT2D eigenvalue weighted by Gasteiger charge is -2.22. The van der Waals surface area contributed by atoms with Crippen molar-refractivity contribution in [2.75, 3.05) is 5.32 Å². The molecule has 1 unspecified atom stereocenters. The molecule has 6 nitrogen and oxygen atoms in total. The molecule has 8 heteroatoms. The fraction of sp³-hybridized carbons (Fsp3) is 0.308. The number of nitrogens with one attached hydrogen (secondary N) is 3. The van der Waals surface area contributed by atoms with E-state index in [0.29, 0.717) is 23.8 Å². The van der Waals surface area contributed by atoms with Crippen LogP contribution in [0.2, 0.25) is 10.3 Å². The van der Waals surface area contributed by atoms with E-state index in [1.54, 1.807) is 12.4 Å². The molecule has 21 heavy (non-hydrogen) atoms. The predicted molar refractivity (Wildman–Crippen MR) is 80.5 cm³/mol. The van der Waals surface area contributed by atoms with Gasteiger partial charge in [0.25, 0.3) is 0 Å². The summed E-state index contributed by atoms with van der Waals surface area (Å²) in [7, 11) is 0. The number of nitrogens with zero attached hydrogens (tertiary/aromatic N) is 2. The summed E-state index contributed by atoms with van der Waals surface area (Å²) in [6.45, 7) is 2.40. The van der Waals surface area contributed by atoms with E-state index in [1.807, 2.05) is 6.92 Å². The lowest BCUT2D eigenvalue weighted by molar-refractivity contribution is -0.118. The van der Waals surface area contributed by atoms with Gasteiger partial charge in [-0.3, -0.25) is 10.1 Å². The van der Waals surface area contributed by atoms with Gasteiger partial charge in [-0.15, -0.1) is 0 Å². The second kappa shape index (κ2) is 5.63. The topological polar surface area (TPSA) is 82.7 Å². The lowest BCUT2D eigenvalue weighted by atomic mass is 10.0. The van der Waals surface area contributed by atoms with Crippen LogP contribution < -0.4 is 10.6 Å². The van der Waals surface area contributed by atoms with Gasteiger partial charge in [-0.05, 0) is 18.6 Å². The standard InChI is InChI=1S/C13H13Cl2N5O/c1-6-2-10(14)19-12(15)11(6)20-13(21)8-3-7-9(4-16-8)18-5-17-7/h2,5,8,16H,3-4H2,1H3,(H,17,18)(H,20,21). The fourth-order valence-corrected chi connectivity index (χ4v) is 2.89. The van der Waals surface area contributed by atoms with Crippen LogP contribution in [0.15, 0.2) is 12.4 Å². The van der Waals surface area contributed by atoms with Crippen molar-refractivity contribution in [3.8, 4) is 0 Å². The second-order valence-corrected chi connectivity index (χ2v) is 5.63.